The van der Waals surface area contributed by atoms with Gasteiger partial charge < -0.3 is 5.32 Å². The van der Waals surface area contributed by atoms with Crippen LogP contribution in [0.3, 0.4) is 0 Å². The largest absolute Gasteiger partial charge is 0.352 e. The predicted molar refractivity (Wildman–Crippen MR) is 111 cm³/mol. The molecule has 0 saturated heterocycles. The van der Waals surface area contributed by atoms with Gasteiger partial charge in [-0.15, -0.1) is 0 Å². The summed E-state index contributed by atoms with van der Waals surface area (Å²) in [5, 5.41) is 7.30. The van der Waals surface area contributed by atoms with Gasteiger partial charge in [-0.3, -0.25) is 9.59 Å². The number of aromatic nitrogens is 2. The quantitative estimate of drug-likeness (QED) is 0.684. The summed E-state index contributed by atoms with van der Waals surface area (Å²) in [4.78, 5) is 24.2. The van der Waals surface area contributed by atoms with Crippen LogP contribution < -0.4 is 10.9 Å². The topological polar surface area (TPSA) is 64.0 Å². The van der Waals surface area contributed by atoms with E-state index in [0.29, 0.717) is 12.5 Å². The molecule has 0 unspecified atom stereocenters. The molecule has 3 aromatic rings. The molecule has 28 heavy (non-hydrogen) atoms. The van der Waals surface area contributed by atoms with E-state index in [1.54, 1.807) is 6.07 Å². The summed E-state index contributed by atoms with van der Waals surface area (Å²) in [7, 11) is 0. The zero-order chi connectivity index (χ0) is 19.9. The van der Waals surface area contributed by atoms with Gasteiger partial charge in [-0.25, -0.2) is 4.68 Å². The fraction of sp³-hybridized carbons (Fsp3) is 0.261. The summed E-state index contributed by atoms with van der Waals surface area (Å²) in [6.45, 7) is 5.02. The number of carbonyl (C=O) groups excluding carboxylic acids is 1. The highest BCUT2D eigenvalue weighted by atomic mass is 16.2. The number of rotatable bonds is 7. The summed E-state index contributed by atoms with van der Waals surface area (Å²) in [6, 6.07) is 21.1. The molecule has 1 aromatic heterocycles. The molecule has 0 fully saturated rings. The minimum absolute atomic E-state index is 0.107. The Kier molecular flexibility index (Phi) is 6.37. The lowest BCUT2D eigenvalue weighted by Gasteiger charge is -2.09. The monoisotopic (exact) mass is 375 g/mol. The van der Waals surface area contributed by atoms with Crippen molar-refractivity contribution < 1.29 is 4.79 Å². The second-order valence-corrected chi connectivity index (χ2v) is 7.07. The van der Waals surface area contributed by atoms with Gasteiger partial charge >= 0.3 is 0 Å². The van der Waals surface area contributed by atoms with Crippen LogP contribution in [0.5, 0.6) is 0 Å². The average Bonchev–Trinajstić information content (AvgIpc) is 2.72. The Bertz CT molecular complexity index is 977. The van der Waals surface area contributed by atoms with E-state index >= 15 is 0 Å². The van der Waals surface area contributed by atoms with E-state index in [0.717, 1.165) is 16.8 Å². The van der Waals surface area contributed by atoms with Gasteiger partial charge in [0.05, 0.1) is 12.2 Å². The number of nitrogens with zero attached hydrogens (tertiary/aromatic N) is 2. The van der Waals surface area contributed by atoms with Gasteiger partial charge in [0.2, 0.25) is 5.91 Å². The smallest absolute Gasteiger partial charge is 0.266 e. The first-order chi connectivity index (χ1) is 13.5. The van der Waals surface area contributed by atoms with Gasteiger partial charge in [0, 0.05) is 24.6 Å². The summed E-state index contributed by atoms with van der Waals surface area (Å²) >= 11 is 0. The van der Waals surface area contributed by atoms with E-state index in [-0.39, 0.29) is 24.4 Å². The molecule has 0 spiro atoms. The first kappa shape index (κ1) is 19.5. The van der Waals surface area contributed by atoms with Crippen molar-refractivity contribution in [3.05, 3.63) is 88.2 Å². The fourth-order valence-corrected chi connectivity index (χ4v) is 2.89. The maximum absolute atomic E-state index is 12.1. The molecule has 5 nitrogen and oxygen atoms in total. The van der Waals surface area contributed by atoms with Crippen LogP contribution in [0.2, 0.25) is 0 Å². The van der Waals surface area contributed by atoms with Gasteiger partial charge in [0.15, 0.2) is 0 Å². The standard InChI is InChI=1S/C23H25N3O2/c1-17(2)19-8-10-20(11-9-19)21-12-13-23(28)26(25-21)15-14-22(27)24-16-18-6-4-3-5-7-18/h3-13,17H,14-16H2,1-2H3,(H,24,27). The number of carbonyl (C=O) groups is 1. The molecule has 0 aliphatic rings. The van der Waals surface area contributed by atoms with Gasteiger partial charge in [-0.2, -0.15) is 5.10 Å². The molecular formula is C23H25N3O2. The van der Waals surface area contributed by atoms with Crippen LogP contribution >= 0.6 is 0 Å². The first-order valence-electron chi connectivity index (χ1n) is 9.52. The van der Waals surface area contributed by atoms with Crippen molar-refractivity contribution in [1.82, 2.24) is 15.1 Å². The summed E-state index contributed by atoms with van der Waals surface area (Å²) in [5.74, 6) is 0.356. The highest BCUT2D eigenvalue weighted by molar-refractivity contribution is 5.75. The molecule has 0 aliphatic carbocycles. The van der Waals surface area contributed by atoms with Crippen molar-refractivity contribution in [1.29, 1.82) is 0 Å². The van der Waals surface area contributed by atoms with Crippen molar-refractivity contribution >= 4 is 5.91 Å². The molecule has 2 aromatic carbocycles. The molecule has 0 saturated carbocycles. The van der Waals surface area contributed by atoms with E-state index in [2.05, 4.69) is 36.4 Å². The lowest BCUT2D eigenvalue weighted by atomic mass is 10.0. The van der Waals surface area contributed by atoms with Crippen LogP contribution in [0.25, 0.3) is 11.3 Å². The van der Waals surface area contributed by atoms with Gasteiger partial charge in [-0.05, 0) is 23.1 Å². The Hall–Kier alpha value is -3.21. The summed E-state index contributed by atoms with van der Waals surface area (Å²) in [6.07, 6.45) is 0.204. The van der Waals surface area contributed by atoms with E-state index in [9.17, 15) is 9.59 Å². The van der Waals surface area contributed by atoms with Crippen molar-refractivity contribution in [2.75, 3.05) is 0 Å². The number of hydrogen-bond acceptors (Lipinski definition) is 3. The molecule has 1 heterocycles. The molecule has 1 amide bonds. The third-order valence-electron chi connectivity index (χ3n) is 4.62. The minimum atomic E-state index is -0.210. The summed E-state index contributed by atoms with van der Waals surface area (Å²) in [5.41, 5.74) is 3.76. The van der Waals surface area contributed by atoms with Crippen LogP contribution in [0.1, 0.15) is 37.3 Å². The minimum Gasteiger partial charge on any atom is -0.352 e. The first-order valence-corrected chi connectivity index (χ1v) is 9.52. The molecular weight excluding hydrogens is 350 g/mol. The Balaban J connectivity index is 1.63. The average molecular weight is 375 g/mol. The molecule has 0 bridgehead atoms. The lowest BCUT2D eigenvalue weighted by molar-refractivity contribution is -0.121. The number of benzene rings is 2. The third kappa shape index (κ3) is 5.16. The van der Waals surface area contributed by atoms with Crippen LogP contribution in [0.4, 0.5) is 0 Å². The Morgan fingerprint density at radius 3 is 2.39 bits per heavy atom. The number of amides is 1. The van der Waals surface area contributed by atoms with Gasteiger partial charge in [0.1, 0.15) is 0 Å². The van der Waals surface area contributed by atoms with E-state index < -0.39 is 0 Å². The summed E-state index contributed by atoms with van der Waals surface area (Å²) < 4.78 is 1.35. The zero-order valence-corrected chi connectivity index (χ0v) is 16.3. The van der Waals surface area contributed by atoms with E-state index in [4.69, 9.17) is 0 Å². The van der Waals surface area contributed by atoms with Crippen LogP contribution in [-0.2, 0) is 17.9 Å². The molecule has 3 rings (SSSR count). The zero-order valence-electron chi connectivity index (χ0n) is 16.3. The van der Waals surface area contributed by atoms with Crippen molar-refractivity contribution in [3.63, 3.8) is 0 Å². The molecule has 1 N–H and O–H groups in total. The molecule has 144 valence electrons. The molecule has 0 atom stereocenters. The lowest BCUT2D eigenvalue weighted by Crippen LogP contribution is -2.28. The molecule has 5 heteroatoms. The SMILES string of the molecule is CC(C)c1ccc(-c2ccc(=O)n(CCC(=O)NCc3ccccc3)n2)cc1. The van der Waals surface area contributed by atoms with Gasteiger partial charge in [-0.1, -0.05) is 68.4 Å². The van der Waals surface area contributed by atoms with Crippen molar-refractivity contribution in [2.24, 2.45) is 0 Å². The Morgan fingerprint density at radius 2 is 1.71 bits per heavy atom. The Labute approximate surface area is 165 Å². The van der Waals surface area contributed by atoms with Crippen molar-refractivity contribution in [2.45, 2.75) is 39.3 Å². The molecule has 0 aliphatic heterocycles. The molecule has 0 radical (unpaired) electrons. The number of aryl methyl sites for hydroxylation is 1. The van der Waals surface area contributed by atoms with Crippen LogP contribution in [-0.4, -0.2) is 15.7 Å². The third-order valence-corrected chi connectivity index (χ3v) is 4.62. The maximum atomic E-state index is 12.1. The van der Waals surface area contributed by atoms with Crippen molar-refractivity contribution in [3.8, 4) is 11.3 Å². The second kappa shape index (κ2) is 9.13. The van der Waals surface area contributed by atoms with E-state index in [1.807, 2.05) is 42.5 Å². The van der Waals surface area contributed by atoms with Gasteiger partial charge in [0.25, 0.3) is 5.56 Å². The fourth-order valence-electron chi connectivity index (χ4n) is 2.89. The normalized spacial score (nSPS) is 10.8. The second-order valence-electron chi connectivity index (χ2n) is 7.07. The van der Waals surface area contributed by atoms with Crippen LogP contribution in [0, 0.1) is 0 Å². The predicted octanol–water partition coefficient (Wildman–Crippen LogP) is 3.74. The Morgan fingerprint density at radius 1 is 1.00 bits per heavy atom. The number of nitrogens with one attached hydrogen (secondary N) is 1. The van der Waals surface area contributed by atoms with Crippen LogP contribution in [0.15, 0.2) is 71.5 Å². The highest BCUT2D eigenvalue weighted by Crippen LogP contribution is 2.20. The highest BCUT2D eigenvalue weighted by Gasteiger charge is 2.07. The van der Waals surface area contributed by atoms with E-state index in [1.165, 1.54) is 16.3 Å². The number of hydrogen-bond donors (Lipinski definition) is 1. The maximum Gasteiger partial charge on any atom is 0.266 e.